The average Bonchev–Trinajstić information content (AvgIpc) is 2.58. The number of carbonyl (C=O) groups is 1. The van der Waals surface area contributed by atoms with Crippen LogP contribution in [0.3, 0.4) is 0 Å². The van der Waals surface area contributed by atoms with Gasteiger partial charge < -0.3 is 10.1 Å². The number of benzene rings is 2. The first-order valence-electron chi connectivity index (χ1n) is 7.53. The molecule has 0 unspecified atom stereocenters. The van der Waals surface area contributed by atoms with Crippen LogP contribution in [-0.4, -0.2) is 34.2 Å². The molecule has 0 aliphatic heterocycles. The third-order valence-electron chi connectivity index (χ3n) is 3.53. The molecule has 0 spiro atoms. The Morgan fingerprint density at radius 3 is 2.50 bits per heavy atom. The maximum absolute atomic E-state index is 12.3. The van der Waals surface area contributed by atoms with Gasteiger partial charge in [-0.05, 0) is 24.3 Å². The van der Waals surface area contributed by atoms with Gasteiger partial charge in [0.25, 0.3) is 0 Å². The van der Waals surface area contributed by atoms with Gasteiger partial charge in [-0.25, -0.2) is 8.42 Å². The Morgan fingerprint density at radius 1 is 1.19 bits per heavy atom. The first-order valence-corrected chi connectivity index (χ1v) is 10.1. The Kier molecular flexibility index (Phi) is 6.75. The number of halogens is 2. The third kappa shape index (κ3) is 5.27. The number of anilines is 1. The molecule has 0 heterocycles. The molecule has 0 atom stereocenters. The highest BCUT2D eigenvalue weighted by atomic mass is 35.5. The topological polar surface area (TPSA) is 75.7 Å². The molecule has 1 amide bonds. The van der Waals surface area contributed by atoms with E-state index in [1.165, 1.54) is 25.3 Å². The SMILES string of the molecule is COc1ccccc1CNC(=O)CN(c1ccc(Cl)cc1Cl)S(C)(=O)=O. The normalized spacial score (nSPS) is 11.1. The van der Waals surface area contributed by atoms with Crippen LogP contribution < -0.4 is 14.4 Å². The third-order valence-corrected chi connectivity index (χ3v) is 5.20. The summed E-state index contributed by atoms with van der Waals surface area (Å²) in [6, 6.07) is 11.6. The Morgan fingerprint density at radius 2 is 1.88 bits per heavy atom. The number of hydrogen-bond acceptors (Lipinski definition) is 4. The number of para-hydroxylation sites is 1. The number of hydrogen-bond donors (Lipinski definition) is 1. The minimum absolute atomic E-state index is 0.139. The lowest BCUT2D eigenvalue weighted by Crippen LogP contribution is -2.40. The zero-order valence-corrected chi connectivity index (χ0v) is 16.5. The Hall–Kier alpha value is -1.96. The predicted octanol–water partition coefficient (Wildman–Crippen LogP) is 3.08. The summed E-state index contributed by atoms with van der Waals surface area (Å²) < 4.78 is 30.4. The number of carbonyl (C=O) groups excluding carboxylic acids is 1. The van der Waals surface area contributed by atoms with Gasteiger partial charge in [-0.3, -0.25) is 9.10 Å². The van der Waals surface area contributed by atoms with E-state index in [1.54, 1.807) is 6.07 Å². The first-order chi connectivity index (χ1) is 12.2. The van der Waals surface area contributed by atoms with E-state index >= 15 is 0 Å². The van der Waals surface area contributed by atoms with Gasteiger partial charge in [-0.1, -0.05) is 41.4 Å². The molecule has 0 radical (unpaired) electrons. The van der Waals surface area contributed by atoms with Crippen molar-refractivity contribution >= 4 is 44.8 Å². The lowest BCUT2D eigenvalue weighted by atomic mass is 10.2. The van der Waals surface area contributed by atoms with Gasteiger partial charge in [0.1, 0.15) is 12.3 Å². The van der Waals surface area contributed by atoms with Crippen molar-refractivity contribution in [3.63, 3.8) is 0 Å². The maximum atomic E-state index is 12.3. The lowest BCUT2D eigenvalue weighted by Gasteiger charge is -2.23. The van der Waals surface area contributed by atoms with Gasteiger partial charge in [0.05, 0.1) is 24.1 Å². The van der Waals surface area contributed by atoms with Gasteiger partial charge in [-0.15, -0.1) is 0 Å². The van der Waals surface area contributed by atoms with Crippen molar-refractivity contribution in [1.29, 1.82) is 0 Å². The van der Waals surface area contributed by atoms with Gasteiger partial charge in [0.15, 0.2) is 0 Å². The van der Waals surface area contributed by atoms with Crippen molar-refractivity contribution in [3.05, 3.63) is 58.1 Å². The van der Waals surface area contributed by atoms with Crippen molar-refractivity contribution in [3.8, 4) is 5.75 Å². The maximum Gasteiger partial charge on any atom is 0.241 e. The quantitative estimate of drug-likeness (QED) is 0.752. The van der Waals surface area contributed by atoms with Crippen LogP contribution in [0.1, 0.15) is 5.56 Å². The number of rotatable bonds is 7. The molecule has 2 rings (SSSR count). The van der Waals surface area contributed by atoms with E-state index in [-0.39, 0.29) is 17.3 Å². The Bertz CT molecular complexity index is 903. The number of nitrogens with zero attached hydrogens (tertiary/aromatic N) is 1. The van der Waals surface area contributed by atoms with Crippen LogP contribution in [0.2, 0.25) is 10.0 Å². The fourth-order valence-corrected chi connectivity index (χ4v) is 3.72. The lowest BCUT2D eigenvalue weighted by molar-refractivity contribution is -0.119. The number of sulfonamides is 1. The van der Waals surface area contributed by atoms with E-state index in [0.717, 1.165) is 16.1 Å². The largest absolute Gasteiger partial charge is 0.496 e. The zero-order valence-electron chi connectivity index (χ0n) is 14.2. The van der Waals surface area contributed by atoms with Crippen molar-refractivity contribution < 1.29 is 17.9 Å². The molecule has 0 aromatic heterocycles. The number of methoxy groups -OCH3 is 1. The van der Waals surface area contributed by atoms with Crippen LogP contribution in [0.15, 0.2) is 42.5 Å². The second-order valence-corrected chi connectivity index (χ2v) is 8.20. The van der Waals surface area contributed by atoms with Crippen LogP contribution >= 0.6 is 23.2 Å². The van der Waals surface area contributed by atoms with Gasteiger partial charge in [0, 0.05) is 17.1 Å². The fraction of sp³-hybridized carbons (Fsp3) is 0.235. The number of ether oxygens (including phenoxy) is 1. The summed E-state index contributed by atoms with van der Waals surface area (Å²) in [6.07, 6.45) is 1.01. The summed E-state index contributed by atoms with van der Waals surface area (Å²) >= 11 is 11.9. The summed E-state index contributed by atoms with van der Waals surface area (Å²) in [7, 11) is -2.19. The average molecular weight is 417 g/mol. The molecule has 2 aromatic rings. The van der Waals surface area contributed by atoms with Crippen LogP contribution in [0, 0.1) is 0 Å². The molecule has 0 saturated carbocycles. The predicted molar refractivity (Wildman–Crippen MR) is 103 cm³/mol. The van der Waals surface area contributed by atoms with E-state index < -0.39 is 22.5 Å². The summed E-state index contributed by atoms with van der Waals surface area (Å²) in [5, 5.41) is 3.19. The van der Waals surface area contributed by atoms with Crippen LogP contribution in [-0.2, 0) is 21.4 Å². The highest BCUT2D eigenvalue weighted by Crippen LogP contribution is 2.30. The number of amides is 1. The van der Waals surface area contributed by atoms with E-state index in [1.807, 2.05) is 18.2 Å². The molecule has 6 nitrogen and oxygen atoms in total. The first kappa shape index (κ1) is 20.4. The van der Waals surface area contributed by atoms with Crippen molar-refractivity contribution in [2.24, 2.45) is 0 Å². The second kappa shape index (κ2) is 8.62. The number of nitrogens with one attached hydrogen (secondary N) is 1. The Labute approximate surface area is 162 Å². The van der Waals surface area contributed by atoms with Crippen molar-refractivity contribution in [1.82, 2.24) is 5.32 Å². The van der Waals surface area contributed by atoms with Gasteiger partial charge in [0.2, 0.25) is 15.9 Å². The van der Waals surface area contributed by atoms with Crippen LogP contribution in [0.4, 0.5) is 5.69 Å². The molecule has 9 heteroatoms. The van der Waals surface area contributed by atoms with E-state index in [4.69, 9.17) is 27.9 Å². The summed E-state index contributed by atoms with van der Waals surface area (Å²) in [6.45, 7) is -0.204. The molecule has 0 saturated heterocycles. The van der Waals surface area contributed by atoms with Crippen LogP contribution in [0.25, 0.3) is 0 Å². The van der Waals surface area contributed by atoms with Crippen molar-refractivity contribution in [2.75, 3.05) is 24.2 Å². The standard InChI is InChI=1S/C17H18Cl2N2O4S/c1-25-16-6-4-3-5-12(16)10-20-17(22)11-21(26(2,23)24)15-8-7-13(18)9-14(15)19/h3-9H,10-11H2,1-2H3,(H,20,22). The molecule has 0 bridgehead atoms. The summed E-state index contributed by atoms with van der Waals surface area (Å²) in [5.74, 6) is 0.154. The molecule has 1 N–H and O–H groups in total. The monoisotopic (exact) mass is 416 g/mol. The molecular weight excluding hydrogens is 399 g/mol. The minimum Gasteiger partial charge on any atom is -0.496 e. The molecule has 26 heavy (non-hydrogen) atoms. The molecule has 2 aromatic carbocycles. The van der Waals surface area contributed by atoms with E-state index in [0.29, 0.717) is 10.8 Å². The molecule has 140 valence electrons. The van der Waals surface area contributed by atoms with Crippen molar-refractivity contribution in [2.45, 2.75) is 6.54 Å². The highest BCUT2D eigenvalue weighted by molar-refractivity contribution is 7.92. The zero-order chi connectivity index (χ0) is 19.3. The smallest absolute Gasteiger partial charge is 0.241 e. The molecule has 0 aliphatic carbocycles. The van der Waals surface area contributed by atoms with E-state index in [9.17, 15) is 13.2 Å². The fourth-order valence-electron chi connectivity index (χ4n) is 2.29. The van der Waals surface area contributed by atoms with Crippen LogP contribution in [0.5, 0.6) is 5.75 Å². The molecule has 0 fully saturated rings. The highest BCUT2D eigenvalue weighted by Gasteiger charge is 2.23. The van der Waals surface area contributed by atoms with Gasteiger partial charge in [-0.2, -0.15) is 0 Å². The molecule has 0 aliphatic rings. The summed E-state index contributed by atoms with van der Waals surface area (Å²) in [5.41, 5.74) is 0.963. The second-order valence-electron chi connectivity index (χ2n) is 5.45. The Balaban J connectivity index is 2.15. The molecular formula is C17H18Cl2N2O4S. The minimum atomic E-state index is -3.72. The van der Waals surface area contributed by atoms with E-state index in [2.05, 4.69) is 5.32 Å². The summed E-state index contributed by atoms with van der Waals surface area (Å²) in [4.78, 5) is 12.3. The van der Waals surface area contributed by atoms with Gasteiger partial charge >= 0.3 is 0 Å².